The van der Waals surface area contributed by atoms with Gasteiger partial charge in [0.1, 0.15) is 5.69 Å². The minimum atomic E-state index is -1.14. The first-order valence-electron chi connectivity index (χ1n) is 5.40. The molecule has 2 aromatic rings. The third kappa shape index (κ3) is 3.03. The Morgan fingerprint density at radius 3 is 2.40 bits per heavy atom. The largest absolute Gasteiger partial charge is 0.481 e. The number of carboxylic acid groups (broad SMARTS) is 1. The molecule has 1 aromatic carbocycles. The molecule has 0 spiro atoms. The first-order chi connectivity index (χ1) is 9.40. The van der Waals surface area contributed by atoms with E-state index in [1.807, 2.05) is 0 Å². The fraction of sp³-hybridized carbons (Fsp3) is 0.0769. The highest BCUT2D eigenvalue weighted by Crippen LogP contribution is 2.37. The maximum atomic E-state index is 14.3. The van der Waals surface area contributed by atoms with Crippen molar-refractivity contribution in [1.82, 2.24) is 4.98 Å². The minimum absolute atomic E-state index is 0.00424. The van der Waals surface area contributed by atoms with Crippen LogP contribution in [0.4, 0.5) is 4.39 Å². The lowest BCUT2D eigenvalue weighted by atomic mass is 10.1. The summed E-state index contributed by atoms with van der Waals surface area (Å²) >= 11 is 17.8. The van der Waals surface area contributed by atoms with E-state index in [0.717, 1.165) is 0 Å². The van der Waals surface area contributed by atoms with Crippen LogP contribution in [0.2, 0.25) is 15.1 Å². The number of aromatic nitrogens is 1. The summed E-state index contributed by atoms with van der Waals surface area (Å²) < 4.78 is 14.3. The van der Waals surface area contributed by atoms with Crippen LogP contribution in [-0.2, 0) is 11.2 Å². The molecular weight excluding hydrogens is 328 g/mol. The van der Waals surface area contributed by atoms with Gasteiger partial charge in [0.05, 0.1) is 16.5 Å². The summed E-state index contributed by atoms with van der Waals surface area (Å²) in [5, 5.41) is 9.33. The van der Waals surface area contributed by atoms with Crippen LogP contribution in [0.25, 0.3) is 11.3 Å². The van der Waals surface area contributed by atoms with Crippen molar-refractivity contribution in [1.29, 1.82) is 0 Å². The number of hydrogen-bond acceptors (Lipinski definition) is 2. The smallest absolute Gasteiger partial charge is 0.307 e. The molecular formula is C13H7Cl3FNO2. The number of aliphatic carboxylic acids is 1. The first kappa shape index (κ1) is 15.0. The van der Waals surface area contributed by atoms with Gasteiger partial charge < -0.3 is 5.11 Å². The van der Waals surface area contributed by atoms with Crippen LogP contribution in [-0.4, -0.2) is 16.1 Å². The van der Waals surface area contributed by atoms with Gasteiger partial charge in [0.2, 0.25) is 0 Å². The molecule has 3 nitrogen and oxygen atoms in total. The van der Waals surface area contributed by atoms with Crippen LogP contribution in [0, 0.1) is 5.82 Å². The molecule has 0 aliphatic rings. The molecule has 1 N–H and O–H groups in total. The summed E-state index contributed by atoms with van der Waals surface area (Å²) in [5.41, 5.74) is 0.0856. The number of pyridine rings is 1. The van der Waals surface area contributed by atoms with Crippen molar-refractivity contribution in [2.24, 2.45) is 0 Å². The molecule has 0 saturated carbocycles. The molecule has 20 heavy (non-hydrogen) atoms. The van der Waals surface area contributed by atoms with Gasteiger partial charge in [-0.15, -0.1) is 0 Å². The van der Waals surface area contributed by atoms with Crippen molar-refractivity contribution in [2.45, 2.75) is 6.42 Å². The summed E-state index contributed by atoms with van der Waals surface area (Å²) in [5.74, 6) is -1.91. The molecule has 0 aliphatic heterocycles. The number of benzene rings is 1. The van der Waals surface area contributed by atoms with E-state index in [2.05, 4.69) is 4.98 Å². The molecule has 0 aliphatic carbocycles. The predicted molar refractivity (Wildman–Crippen MR) is 76.0 cm³/mol. The maximum Gasteiger partial charge on any atom is 0.307 e. The van der Waals surface area contributed by atoms with E-state index in [1.165, 1.54) is 24.4 Å². The average Bonchev–Trinajstić information content (AvgIpc) is 2.32. The van der Waals surface area contributed by atoms with Gasteiger partial charge in [-0.2, -0.15) is 0 Å². The second-order valence-electron chi connectivity index (χ2n) is 3.95. The number of hydrogen-bond donors (Lipinski definition) is 1. The SMILES string of the molecule is O=C(O)Cc1ccnc(-c2c(Cl)cc(Cl)cc2Cl)c1F. The Morgan fingerprint density at radius 2 is 1.85 bits per heavy atom. The maximum absolute atomic E-state index is 14.3. The van der Waals surface area contributed by atoms with Gasteiger partial charge >= 0.3 is 5.97 Å². The van der Waals surface area contributed by atoms with Gasteiger partial charge in [0, 0.05) is 22.3 Å². The molecule has 0 radical (unpaired) electrons. The van der Waals surface area contributed by atoms with Crippen LogP contribution in [0.1, 0.15) is 5.56 Å². The molecule has 104 valence electrons. The number of halogens is 4. The fourth-order valence-corrected chi connectivity index (χ4v) is 2.72. The van der Waals surface area contributed by atoms with Crippen molar-refractivity contribution in [2.75, 3.05) is 0 Å². The topological polar surface area (TPSA) is 50.2 Å². The van der Waals surface area contributed by atoms with Gasteiger partial charge in [-0.25, -0.2) is 4.39 Å². The molecule has 0 bridgehead atoms. The lowest BCUT2D eigenvalue weighted by molar-refractivity contribution is -0.136. The Hall–Kier alpha value is -1.36. The van der Waals surface area contributed by atoms with Gasteiger partial charge in [0.25, 0.3) is 0 Å². The van der Waals surface area contributed by atoms with Gasteiger partial charge in [-0.3, -0.25) is 9.78 Å². The molecule has 0 fully saturated rings. The van der Waals surface area contributed by atoms with E-state index in [1.54, 1.807) is 0 Å². The third-order valence-electron chi connectivity index (χ3n) is 2.55. The van der Waals surface area contributed by atoms with E-state index >= 15 is 0 Å². The Morgan fingerprint density at radius 1 is 1.25 bits per heavy atom. The molecule has 0 saturated heterocycles. The Kier molecular flexibility index (Phi) is 4.48. The van der Waals surface area contributed by atoms with Crippen LogP contribution in [0.5, 0.6) is 0 Å². The van der Waals surface area contributed by atoms with E-state index in [0.29, 0.717) is 5.02 Å². The summed E-state index contributed by atoms with van der Waals surface area (Å²) in [4.78, 5) is 14.6. The number of carboxylic acids is 1. The third-order valence-corrected chi connectivity index (χ3v) is 3.37. The highest BCUT2D eigenvalue weighted by atomic mass is 35.5. The van der Waals surface area contributed by atoms with Crippen LogP contribution in [0.3, 0.4) is 0 Å². The van der Waals surface area contributed by atoms with Crippen LogP contribution < -0.4 is 0 Å². The van der Waals surface area contributed by atoms with Crippen molar-refractivity contribution < 1.29 is 14.3 Å². The van der Waals surface area contributed by atoms with Gasteiger partial charge in [0.15, 0.2) is 5.82 Å². The zero-order valence-corrected chi connectivity index (χ0v) is 12.1. The van der Waals surface area contributed by atoms with Crippen molar-refractivity contribution >= 4 is 40.8 Å². The van der Waals surface area contributed by atoms with E-state index in [-0.39, 0.29) is 26.9 Å². The molecule has 1 heterocycles. The predicted octanol–water partition coefficient (Wildman–Crippen LogP) is 4.48. The quantitative estimate of drug-likeness (QED) is 0.900. The van der Waals surface area contributed by atoms with Crippen LogP contribution >= 0.6 is 34.8 Å². The second kappa shape index (κ2) is 5.95. The van der Waals surface area contributed by atoms with E-state index in [9.17, 15) is 9.18 Å². The lowest BCUT2D eigenvalue weighted by Gasteiger charge is -2.10. The number of nitrogens with zero attached hydrogens (tertiary/aromatic N) is 1. The summed E-state index contributed by atoms with van der Waals surface area (Å²) in [6, 6.07) is 4.12. The lowest BCUT2D eigenvalue weighted by Crippen LogP contribution is -2.04. The number of rotatable bonds is 3. The monoisotopic (exact) mass is 333 g/mol. The average molecular weight is 335 g/mol. The molecule has 0 amide bonds. The Balaban J connectivity index is 2.62. The van der Waals surface area contributed by atoms with Gasteiger partial charge in [-0.05, 0) is 18.2 Å². The zero-order valence-electron chi connectivity index (χ0n) is 9.83. The van der Waals surface area contributed by atoms with Gasteiger partial charge in [-0.1, -0.05) is 34.8 Å². The standard InChI is InChI=1S/C13H7Cl3FNO2/c14-7-4-8(15)11(9(16)5-7)13-12(17)6(1-2-18-13)3-10(19)20/h1-2,4-5H,3H2,(H,19,20). The Labute approximate surface area is 128 Å². The van der Waals surface area contributed by atoms with E-state index in [4.69, 9.17) is 39.9 Å². The molecule has 0 unspecified atom stereocenters. The molecule has 0 atom stereocenters. The highest BCUT2D eigenvalue weighted by molar-refractivity contribution is 6.41. The van der Waals surface area contributed by atoms with Crippen molar-refractivity contribution in [3.8, 4) is 11.3 Å². The number of carbonyl (C=O) groups is 1. The highest BCUT2D eigenvalue weighted by Gasteiger charge is 2.19. The normalized spacial score (nSPS) is 10.6. The Bertz CT molecular complexity index is 668. The minimum Gasteiger partial charge on any atom is -0.481 e. The van der Waals surface area contributed by atoms with E-state index < -0.39 is 18.2 Å². The fourth-order valence-electron chi connectivity index (χ4n) is 1.73. The first-order valence-corrected chi connectivity index (χ1v) is 6.53. The van der Waals surface area contributed by atoms with Crippen molar-refractivity contribution in [3.05, 3.63) is 50.8 Å². The second-order valence-corrected chi connectivity index (χ2v) is 5.20. The summed E-state index contributed by atoms with van der Waals surface area (Å²) in [7, 11) is 0. The van der Waals surface area contributed by atoms with Crippen LogP contribution in [0.15, 0.2) is 24.4 Å². The summed E-state index contributed by atoms with van der Waals surface area (Å²) in [6.07, 6.45) is 0.849. The molecule has 2 rings (SSSR count). The van der Waals surface area contributed by atoms with Crippen molar-refractivity contribution in [3.63, 3.8) is 0 Å². The summed E-state index contributed by atoms with van der Waals surface area (Å²) in [6.45, 7) is 0. The zero-order chi connectivity index (χ0) is 14.9. The molecule has 7 heteroatoms. The molecule has 1 aromatic heterocycles.